The van der Waals surface area contributed by atoms with Crippen LogP contribution in [0.5, 0.6) is 17.2 Å². The molecule has 5 rings (SSSR count). The molecule has 0 spiro atoms. The number of halogens is 2. The third kappa shape index (κ3) is 3.70. The van der Waals surface area contributed by atoms with Gasteiger partial charge in [-0.25, -0.2) is 5.01 Å². The van der Waals surface area contributed by atoms with E-state index in [-0.39, 0.29) is 12.3 Å². The average molecular weight is 544 g/mol. The van der Waals surface area contributed by atoms with Crippen molar-refractivity contribution in [2.75, 3.05) is 14.2 Å². The van der Waals surface area contributed by atoms with Crippen LogP contribution in [0.15, 0.2) is 74.7 Å². The fourth-order valence-corrected chi connectivity index (χ4v) is 4.74. The highest BCUT2D eigenvalue weighted by atomic mass is 79.9. The Labute approximate surface area is 197 Å². The number of nitrogens with zero attached hydrogens (tertiary/aromatic N) is 2. The molecule has 158 valence electrons. The zero-order valence-electron chi connectivity index (χ0n) is 17.0. The molecule has 3 aromatic rings. The zero-order chi connectivity index (χ0) is 21.5. The molecule has 0 saturated heterocycles. The van der Waals surface area contributed by atoms with E-state index >= 15 is 0 Å². The fourth-order valence-electron chi connectivity index (χ4n) is 4.10. The summed E-state index contributed by atoms with van der Waals surface area (Å²) in [5.74, 6) is 2.28. The predicted octanol–water partition coefficient (Wildman–Crippen LogP) is 6.47. The second-order valence-electron chi connectivity index (χ2n) is 7.42. The molecule has 0 bridgehead atoms. The quantitative estimate of drug-likeness (QED) is 0.378. The molecule has 31 heavy (non-hydrogen) atoms. The first-order valence-corrected chi connectivity index (χ1v) is 11.5. The van der Waals surface area contributed by atoms with Gasteiger partial charge in [-0.15, -0.1) is 0 Å². The molecule has 0 radical (unpaired) electrons. The van der Waals surface area contributed by atoms with Crippen molar-refractivity contribution in [2.24, 2.45) is 5.10 Å². The van der Waals surface area contributed by atoms with E-state index in [1.54, 1.807) is 14.2 Å². The van der Waals surface area contributed by atoms with Crippen LogP contribution in [0, 0.1) is 0 Å². The topological polar surface area (TPSA) is 43.3 Å². The smallest absolute Gasteiger partial charge is 0.213 e. The van der Waals surface area contributed by atoms with E-state index in [0.29, 0.717) is 11.5 Å². The second kappa shape index (κ2) is 8.20. The van der Waals surface area contributed by atoms with E-state index in [9.17, 15) is 0 Å². The predicted molar refractivity (Wildman–Crippen MR) is 127 cm³/mol. The Bertz CT molecular complexity index is 1160. The monoisotopic (exact) mass is 542 g/mol. The molecule has 2 aliphatic rings. The number of fused-ring (bicyclic) bond motifs is 3. The van der Waals surface area contributed by atoms with Crippen LogP contribution < -0.4 is 14.2 Å². The van der Waals surface area contributed by atoms with Crippen LogP contribution >= 0.6 is 31.9 Å². The molecule has 7 heteroatoms. The Balaban J connectivity index is 1.58. The highest BCUT2D eigenvalue weighted by Crippen LogP contribution is 2.48. The van der Waals surface area contributed by atoms with Crippen molar-refractivity contribution in [3.05, 3.63) is 86.3 Å². The Morgan fingerprint density at radius 3 is 2.39 bits per heavy atom. The van der Waals surface area contributed by atoms with Gasteiger partial charge in [-0.05, 0) is 48.5 Å². The lowest BCUT2D eigenvalue weighted by molar-refractivity contribution is -0.0190. The van der Waals surface area contributed by atoms with Crippen LogP contribution in [-0.2, 0) is 0 Å². The average Bonchev–Trinajstić information content (AvgIpc) is 3.24. The molecule has 0 amide bonds. The Hall–Kier alpha value is -2.51. The van der Waals surface area contributed by atoms with Gasteiger partial charge in [-0.2, -0.15) is 5.10 Å². The van der Waals surface area contributed by atoms with Gasteiger partial charge in [0.1, 0.15) is 5.75 Å². The van der Waals surface area contributed by atoms with Gasteiger partial charge in [-0.1, -0.05) is 44.0 Å². The van der Waals surface area contributed by atoms with Crippen molar-refractivity contribution >= 4 is 37.6 Å². The maximum atomic E-state index is 6.43. The molecule has 2 heterocycles. The molecule has 0 N–H and O–H groups in total. The minimum absolute atomic E-state index is 0.0815. The van der Waals surface area contributed by atoms with Gasteiger partial charge >= 0.3 is 0 Å². The van der Waals surface area contributed by atoms with Crippen LogP contribution in [0.25, 0.3) is 0 Å². The first-order chi connectivity index (χ1) is 15.1. The molecular formula is C24H20Br2N2O3. The van der Waals surface area contributed by atoms with Crippen LogP contribution in [0.4, 0.5) is 0 Å². The third-order valence-corrected chi connectivity index (χ3v) is 6.65. The van der Waals surface area contributed by atoms with E-state index < -0.39 is 0 Å². The van der Waals surface area contributed by atoms with Crippen molar-refractivity contribution in [3.63, 3.8) is 0 Å². The van der Waals surface area contributed by atoms with Gasteiger partial charge in [0.15, 0.2) is 11.5 Å². The maximum absolute atomic E-state index is 6.43. The normalized spacial score (nSPS) is 19.2. The first-order valence-electron chi connectivity index (χ1n) is 9.87. The van der Waals surface area contributed by atoms with Gasteiger partial charge in [-0.3, -0.25) is 0 Å². The Kier molecular flexibility index (Phi) is 5.40. The van der Waals surface area contributed by atoms with Crippen LogP contribution in [0.1, 0.15) is 35.4 Å². The SMILES string of the molecule is COc1ccc(C2=NN3[C@@H](c4ccc(Br)cc4)Oc4ccc(Br)cc4[C@@H]3C2)cc1OC. The minimum atomic E-state index is -0.301. The van der Waals surface area contributed by atoms with Crippen molar-refractivity contribution < 1.29 is 14.2 Å². The molecule has 0 aromatic heterocycles. The summed E-state index contributed by atoms with van der Waals surface area (Å²) in [6.45, 7) is 0. The summed E-state index contributed by atoms with van der Waals surface area (Å²) in [5, 5.41) is 7.10. The number of ether oxygens (including phenoxy) is 3. The van der Waals surface area contributed by atoms with Gasteiger partial charge in [0.05, 0.1) is 26.0 Å². The summed E-state index contributed by atoms with van der Waals surface area (Å²) >= 11 is 7.12. The third-order valence-electron chi connectivity index (χ3n) is 5.62. The summed E-state index contributed by atoms with van der Waals surface area (Å²) in [4.78, 5) is 0. The Morgan fingerprint density at radius 1 is 0.903 bits per heavy atom. The minimum Gasteiger partial charge on any atom is -0.493 e. The lowest BCUT2D eigenvalue weighted by Crippen LogP contribution is -2.33. The van der Waals surface area contributed by atoms with Gasteiger partial charge < -0.3 is 14.2 Å². The molecule has 5 nitrogen and oxygen atoms in total. The summed E-state index contributed by atoms with van der Waals surface area (Å²) in [6, 6.07) is 20.4. The lowest BCUT2D eigenvalue weighted by Gasteiger charge is -2.38. The molecule has 2 atom stereocenters. The highest BCUT2D eigenvalue weighted by Gasteiger charge is 2.41. The number of hydrogen-bond acceptors (Lipinski definition) is 5. The van der Waals surface area contributed by atoms with Crippen molar-refractivity contribution in [1.82, 2.24) is 5.01 Å². The molecule has 3 aromatic carbocycles. The summed E-state index contributed by atoms with van der Waals surface area (Å²) < 4.78 is 19.4. The number of rotatable bonds is 4. The number of benzene rings is 3. The van der Waals surface area contributed by atoms with E-state index in [1.807, 2.05) is 42.5 Å². The summed E-state index contributed by atoms with van der Waals surface area (Å²) in [7, 11) is 3.28. The van der Waals surface area contributed by atoms with Crippen molar-refractivity contribution in [3.8, 4) is 17.2 Å². The molecule has 0 aliphatic carbocycles. The molecule has 0 fully saturated rings. The van der Waals surface area contributed by atoms with Gasteiger partial charge in [0.25, 0.3) is 0 Å². The Morgan fingerprint density at radius 2 is 1.65 bits per heavy atom. The molecule has 0 saturated carbocycles. The maximum Gasteiger partial charge on any atom is 0.213 e. The molecular weight excluding hydrogens is 524 g/mol. The zero-order valence-corrected chi connectivity index (χ0v) is 20.2. The van der Waals surface area contributed by atoms with Gasteiger partial charge in [0.2, 0.25) is 6.23 Å². The number of hydrogen-bond donors (Lipinski definition) is 0. The summed E-state index contributed by atoms with van der Waals surface area (Å²) in [5.41, 5.74) is 4.18. The summed E-state index contributed by atoms with van der Waals surface area (Å²) in [6.07, 6.45) is 0.472. The molecule has 2 aliphatic heterocycles. The fraction of sp³-hybridized carbons (Fsp3) is 0.208. The lowest BCUT2D eigenvalue weighted by atomic mass is 9.96. The van der Waals surface area contributed by atoms with Gasteiger partial charge in [0, 0.05) is 32.1 Å². The molecule has 0 unspecified atom stereocenters. The van der Waals surface area contributed by atoms with Crippen LogP contribution in [0.3, 0.4) is 0 Å². The first kappa shape index (κ1) is 20.4. The van der Waals surface area contributed by atoms with Crippen LogP contribution in [-0.4, -0.2) is 24.9 Å². The number of methoxy groups -OCH3 is 2. The van der Waals surface area contributed by atoms with Crippen molar-refractivity contribution in [1.29, 1.82) is 0 Å². The van der Waals surface area contributed by atoms with Crippen LogP contribution in [0.2, 0.25) is 0 Å². The highest BCUT2D eigenvalue weighted by molar-refractivity contribution is 9.10. The van der Waals surface area contributed by atoms with E-state index in [1.165, 1.54) is 0 Å². The second-order valence-corrected chi connectivity index (χ2v) is 9.25. The van der Waals surface area contributed by atoms with E-state index in [0.717, 1.165) is 43.5 Å². The van der Waals surface area contributed by atoms with E-state index in [4.69, 9.17) is 19.3 Å². The number of hydrazone groups is 1. The van der Waals surface area contributed by atoms with E-state index in [2.05, 4.69) is 55.1 Å². The van der Waals surface area contributed by atoms with Crippen molar-refractivity contribution in [2.45, 2.75) is 18.7 Å². The standard InChI is InChI=1S/C24H20Br2N2O3/c1-29-22-9-5-15(11-23(22)30-2)19-13-20-18-12-17(26)8-10-21(18)31-24(28(20)27-19)14-3-6-16(25)7-4-14/h3-12,20,24H,13H2,1-2H3/t20-,24+/m0/s1. The largest absolute Gasteiger partial charge is 0.493 e.